The Morgan fingerprint density at radius 2 is 2.40 bits per heavy atom. The number of aromatic nitrogens is 1. The quantitative estimate of drug-likeness (QED) is 0.933. The summed E-state index contributed by atoms with van der Waals surface area (Å²) in [6, 6.07) is 6.79. The predicted molar refractivity (Wildman–Crippen MR) is 74.6 cm³/mol. The van der Waals surface area contributed by atoms with Crippen molar-refractivity contribution in [1.82, 2.24) is 15.2 Å². The molecule has 4 nitrogen and oxygen atoms in total. The van der Waals surface area contributed by atoms with E-state index in [-0.39, 0.29) is 5.82 Å². The molecular formula is C15H18FN3O. The van der Waals surface area contributed by atoms with Crippen molar-refractivity contribution in [2.24, 2.45) is 0 Å². The monoisotopic (exact) mass is 275 g/mol. The molecule has 1 N–H and O–H groups in total. The summed E-state index contributed by atoms with van der Waals surface area (Å²) in [6.07, 6.45) is 1.66. The summed E-state index contributed by atoms with van der Waals surface area (Å²) in [5, 5.41) is 3.36. The number of rotatable bonds is 3. The molecule has 1 aliphatic heterocycles. The van der Waals surface area contributed by atoms with Gasteiger partial charge in [-0.05, 0) is 25.1 Å². The lowest BCUT2D eigenvalue weighted by Crippen LogP contribution is -2.49. The average Bonchev–Trinajstić information content (AvgIpc) is 2.90. The van der Waals surface area contributed by atoms with Gasteiger partial charge in [-0.3, -0.25) is 4.90 Å². The van der Waals surface area contributed by atoms with Crippen LogP contribution in [0.3, 0.4) is 0 Å². The van der Waals surface area contributed by atoms with E-state index in [4.69, 9.17) is 4.42 Å². The summed E-state index contributed by atoms with van der Waals surface area (Å²) in [7, 11) is 0. The molecule has 0 bridgehead atoms. The third kappa shape index (κ3) is 2.89. The molecule has 5 heteroatoms. The number of piperazine rings is 1. The van der Waals surface area contributed by atoms with Gasteiger partial charge in [0, 0.05) is 37.8 Å². The van der Waals surface area contributed by atoms with Crippen molar-refractivity contribution in [2.75, 3.05) is 19.6 Å². The molecule has 2 aromatic rings. The minimum atomic E-state index is -0.280. The smallest absolute Gasteiger partial charge is 0.226 e. The first-order valence-corrected chi connectivity index (χ1v) is 6.87. The van der Waals surface area contributed by atoms with Crippen molar-refractivity contribution in [3.63, 3.8) is 0 Å². The van der Waals surface area contributed by atoms with E-state index in [1.807, 2.05) is 0 Å². The molecule has 20 heavy (non-hydrogen) atoms. The zero-order chi connectivity index (χ0) is 13.9. The van der Waals surface area contributed by atoms with Crippen molar-refractivity contribution in [1.29, 1.82) is 0 Å². The van der Waals surface area contributed by atoms with Gasteiger partial charge in [-0.2, -0.15) is 0 Å². The van der Waals surface area contributed by atoms with Crippen LogP contribution in [0.25, 0.3) is 11.5 Å². The number of nitrogens with one attached hydrogen (secondary N) is 1. The van der Waals surface area contributed by atoms with Crippen LogP contribution in [0.2, 0.25) is 0 Å². The van der Waals surface area contributed by atoms with Crippen LogP contribution in [0.5, 0.6) is 0 Å². The summed E-state index contributed by atoms with van der Waals surface area (Å²) in [5.74, 6) is 0.195. The molecule has 1 unspecified atom stereocenters. The number of nitrogens with zero attached hydrogens (tertiary/aromatic N) is 2. The lowest BCUT2D eigenvalue weighted by atomic mass is 10.2. The van der Waals surface area contributed by atoms with Crippen molar-refractivity contribution >= 4 is 0 Å². The van der Waals surface area contributed by atoms with E-state index < -0.39 is 0 Å². The van der Waals surface area contributed by atoms with E-state index in [2.05, 4.69) is 22.1 Å². The molecular weight excluding hydrogens is 257 g/mol. The standard InChI is InChI=1S/C15H18FN3O/c1-11-8-17-5-6-19(11)9-14-10-20-15(18-14)12-3-2-4-13(16)7-12/h2-4,7,10-11,17H,5-6,8-9H2,1H3. The lowest BCUT2D eigenvalue weighted by molar-refractivity contribution is 0.163. The number of benzene rings is 1. The molecule has 0 spiro atoms. The van der Waals surface area contributed by atoms with E-state index in [0.29, 0.717) is 17.5 Å². The van der Waals surface area contributed by atoms with Gasteiger partial charge in [-0.1, -0.05) is 6.07 Å². The fraction of sp³-hybridized carbons (Fsp3) is 0.400. The Bertz CT molecular complexity index is 584. The van der Waals surface area contributed by atoms with Crippen LogP contribution in [-0.4, -0.2) is 35.6 Å². The van der Waals surface area contributed by atoms with Crippen LogP contribution in [-0.2, 0) is 6.54 Å². The van der Waals surface area contributed by atoms with Crippen LogP contribution in [0.4, 0.5) is 4.39 Å². The second kappa shape index (κ2) is 5.73. The molecule has 1 aliphatic rings. The molecule has 2 heterocycles. The van der Waals surface area contributed by atoms with E-state index in [0.717, 1.165) is 31.9 Å². The second-order valence-electron chi connectivity index (χ2n) is 5.18. The molecule has 0 amide bonds. The second-order valence-corrected chi connectivity index (χ2v) is 5.18. The predicted octanol–water partition coefficient (Wildman–Crippen LogP) is 2.27. The number of hydrogen-bond acceptors (Lipinski definition) is 4. The highest BCUT2D eigenvalue weighted by Crippen LogP contribution is 2.20. The molecule has 0 aliphatic carbocycles. The molecule has 1 atom stereocenters. The zero-order valence-electron chi connectivity index (χ0n) is 11.5. The Morgan fingerprint density at radius 3 is 3.20 bits per heavy atom. The van der Waals surface area contributed by atoms with Gasteiger partial charge in [0.25, 0.3) is 0 Å². The van der Waals surface area contributed by atoms with Gasteiger partial charge < -0.3 is 9.73 Å². The summed E-state index contributed by atoms with van der Waals surface area (Å²) in [6.45, 7) is 5.96. The summed E-state index contributed by atoms with van der Waals surface area (Å²) >= 11 is 0. The molecule has 1 aromatic heterocycles. The summed E-state index contributed by atoms with van der Waals surface area (Å²) < 4.78 is 18.7. The van der Waals surface area contributed by atoms with Gasteiger partial charge in [0.15, 0.2) is 0 Å². The maximum atomic E-state index is 13.2. The maximum Gasteiger partial charge on any atom is 0.226 e. The maximum absolute atomic E-state index is 13.2. The zero-order valence-corrected chi connectivity index (χ0v) is 11.5. The van der Waals surface area contributed by atoms with E-state index in [9.17, 15) is 4.39 Å². The van der Waals surface area contributed by atoms with Crippen molar-refractivity contribution in [3.8, 4) is 11.5 Å². The van der Waals surface area contributed by atoms with E-state index in [1.54, 1.807) is 18.4 Å². The normalized spacial score (nSPS) is 20.2. The Labute approximate surface area is 117 Å². The fourth-order valence-electron chi connectivity index (χ4n) is 2.46. The van der Waals surface area contributed by atoms with E-state index in [1.165, 1.54) is 12.1 Å². The topological polar surface area (TPSA) is 41.3 Å². The highest BCUT2D eigenvalue weighted by atomic mass is 19.1. The average molecular weight is 275 g/mol. The fourth-order valence-corrected chi connectivity index (χ4v) is 2.46. The number of oxazole rings is 1. The minimum absolute atomic E-state index is 0.280. The van der Waals surface area contributed by atoms with Crippen LogP contribution in [0, 0.1) is 5.82 Å². The van der Waals surface area contributed by atoms with Crippen LogP contribution in [0.15, 0.2) is 34.9 Å². The minimum Gasteiger partial charge on any atom is -0.444 e. The Hall–Kier alpha value is -1.72. The van der Waals surface area contributed by atoms with Crippen molar-refractivity contribution in [3.05, 3.63) is 42.0 Å². The summed E-state index contributed by atoms with van der Waals surface area (Å²) in [5.41, 5.74) is 1.56. The summed E-state index contributed by atoms with van der Waals surface area (Å²) in [4.78, 5) is 6.82. The van der Waals surface area contributed by atoms with Gasteiger partial charge in [0.2, 0.25) is 5.89 Å². The van der Waals surface area contributed by atoms with Crippen molar-refractivity contribution < 1.29 is 8.81 Å². The molecule has 0 saturated carbocycles. The molecule has 1 saturated heterocycles. The molecule has 106 valence electrons. The SMILES string of the molecule is CC1CNCCN1Cc1coc(-c2cccc(F)c2)n1. The highest BCUT2D eigenvalue weighted by Gasteiger charge is 2.19. The Kier molecular flexibility index (Phi) is 3.80. The molecule has 1 fully saturated rings. The Balaban J connectivity index is 1.73. The van der Waals surface area contributed by atoms with Crippen LogP contribution < -0.4 is 5.32 Å². The van der Waals surface area contributed by atoms with Gasteiger partial charge in [0.1, 0.15) is 12.1 Å². The number of hydrogen-bond donors (Lipinski definition) is 1. The van der Waals surface area contributed by atoms with Gasteiger partial charge in [-0.25, -0.2) is 9.37 Å². The molecule has 3 rings (SSSR count). The largest absolute Gasteiger partial charge is 0.444 e. The van der Waals surface area contributed by atoms with Gasteiger partial charge in [0.05, 0.1) is 5.69 Å². The lowest BCUT2D eigenvalue weighted by Gasteiger charge is -2.33. The van der Waals surface area contributed by atoms with Gasteiger partial charge >= 0.3 is 0 Å². The highest BCUT2D eigenvalue weighted by molar-refractivity contribution is 5.52. The third-order valence-corrected chi connectivity index (χ3v) is 3.63. The first-order valence-electron chi connectivity index (χ1n) is 6.87. The first-order chi connectivity index (χ1) is 9.72. The van der Waals surface area contributed by atoms with Gasteiger partial charge in [-0.15, -0.1) is 0 Å². The molecule has 0 radical (unpaired) electrons. The number of halogens is 1. The van der Waals surface area contributed by atoms with E-state index >= 15 is 0 Å². The third-order valence-electron chi connectivity index (χ3n) is 3.63. The molecule has 1 aromatic carbocycles. The Morgan fingerprint density at radius 1 is 1.50 bits per heavy atom. The first kappa shape index (κ1) is 13.3. The van der Waals surface area contributed by atoms with Crippen molar-refractivity contribution in [2.45, 2.75) is 19.5 Å². The van der Waals surface area contributed by atoms with Crippen LogP contribution in [0.1, 0.15) is 12.6 Å². The van der Waals surface area contributed by atoms with Crippen LogP contribution >= 0.6 is 0 Å².